The molecule has 0 bridgehead atoms. The van der Waals surface area contributed by atoms with E-state index in [9.17, 15) is 29.2 Å². The molecule has 1 fully saturated rings. The molecule has 2 heterocycles. The van der Waals surface area contributed by atoms with Crippen LogP contribution in [0.5, 0.6) is 0 Å². The third-order valence-corrected chi connectivity index (χ3v) is 7.58. The maximum Gasteiger partial charge on any atom is 0.272 e. The topological polar surface area (TPSA) is 183 Å². The molecule has 1 aliphatic heterocycles. The number of nitrogens with one attached hydrogen (secondary N) is 3. The quantitative estimate of drug-likeness (QED) is 0.264. The van der Waals surface area contributed by atoms with E-state index >= 15 is 0 Å². The number of benzene rings is 1. The molecular formula is C32H41N7O6. The van der Waals surface area contributed by atoms with Crippen molar-refractivity contribution in [1.82, 2.24) is 30.8 Å². The van der Waals surface area contributed by atoms with Crippen LogP contribution in [0.15, 0.2) is 42.9 Å². The molecule has 5 atom stereocenters. The molecular weight excluding hydrogens is 578 g/mol. The molecule has 45 heavy (non-hydrogen) atoms. The summed E-state index contributed by atoms with van der Waals surface area (Å²) in [7, 11) is 0. The smallest absolute Gasteiger partial charge is 0.272 e. The zero-order valence-electron chi connectivity index (χ0n) is 26.2. The first-order chi connectivity index (χ1) is 21.5. The monoisotopic (exact) mass is 619 g/mol. The highest BCUT2D eigenvalue weighted by molar-refractivity contribution is 5.98. The van der Waals surface area contributed by atoms with Crippen LogP contribution in [0.3, 0.4) is 0 Å². The van der Waals surface area contributed by atoms with E-state index in [4.69, 9.17) is 4.74 Å². The highest BCUT2D eigenvalue weighted by Crippen LogP contribution is 2.25. The van der Waals surface area contributed by atoms with Crippen LogP contribution in [0.1, 0.15) is 69.1 Å². The van der Waals surface area contributed by atoms with E-state index in [1.165, 1.54) is 23.5 Å². The fourth-order valence-corrected chi connectivity index (χ4v) is 4.97. The molecule has 3 N–H and O–H groups in total. The van der Waals surface area contributed by atoms with Gasteiger partial charge in [0.15, 0.2) is 0 Å². The second kappa shape index (κ2) is 16.4. The second-order valence-electron chi connectivity index (χ2n) is 11.7. The molecule has 0 saturated carbocycles. The number of rotatable bonds is 14. The summed E-state index contributed by atoms with van der Waals surface area (Å²) in [6, 6.07) is 5.37. The Morgan fingerprint density at radius 3 is 2.42 bits per heavy atom. The number of aromatic nitrogens is 2. The number of likely N-dealkylation sites (tertiary alicyclic amines) is 1. The van der Waals surface area contributed by atoms with Gasteiger partial charge in [-0.15, -0.1) is 0 Å². The fourth-order valence-electron chi connectivity index (χ4n) is 4.97. The number of ether oxygens (including phenoxy) is 1. The van der Waals surface area contributed by atoms with Crippen LogP contribution in [0.25, 0.3) is 0 Å². The van der Waals surface area contributed by atoms with Gasteiger partial charge in [-0.05, 0) is 36.0 Å². The average Bonchev–Trinajstić information content (AvgIpc) is 3.48. The summed E-state index contributed by atoms with van der Waals surface area (Å²) in [6.07, 6.45) is 4.76. The largest absolute Gasteiger partial charge is 0.372 e. The van der Waals surface area contributed by atoms with Crippen molar-refractivity contribution in [1.29, 1.82) is 5.26 Å². The summed E-state index contributed by atoms with van der Waals surface area (Å²) >= 11 is 0. The first kappa shape index (κ1) is 34.8. The fraction of sp³-hybridized carbons (Fsp3) is 0.500. The van der Waals surface area contributed by atoms with Crippen LogP contribution < -0.4 is 16.0 Å². The molecule has 4 amide bonds. The predicted octanol–water partition coefficient (Wildman–Crippen LogP) is 1.52. The van der Waals surface area contributed by atoms with Gasteiger partial charge in [-0.25, -0.2) is 4.98 Å². The maximum atomic E-state index is 14.1. The molecule has 1 aliphatic rings. The van der Waals surface area contributed by atoms with E-state index in [2.05, 4.69) is 32.0 Å². The number of hydrogen-bond acceptors (Lipinski definition) is 9. The normalized spacial score (nSPS) is 18.0. The Morgan fingerprint density at radius 1 is 1.09 bits per heavy atom. The minimum Gasteiger partial charge on any atom is -0.372 e. The summed E-state index contributed by atoms with van der Waals surface area (Å²) in [4.78, 5) is 74.4. The van der Waals surface area contributed by atoms with Gasteiger partial charge in [0, 0.05) is 25.4 Å². The standard InChI is InChI=1S/C32H41N7O6/c1-6-23(17-40)36-30(42)26-13-24(45-18-22-9-7-8-21(12-22)14-33)16-39(26)32(44)28(20(4)5)38-31(43)27(19(2)3)37-29(41)25-15-34-10-11-35-25/h7-12,15,17,19-20,23-24,26-28H,6,13,16,18H2,1-5H3,(H,36,42)(H,37,41)(H,38,43)/t23-,24+,26-,27-,28-/m0/s1. The Morgan fingerprint density at radius 2 is 1.82 bits per heavy atom. The number of hydrogen-bond donors (Lipinski definition) is 3. The van der Waals surface area contributed by atoms with Crippen molar-refractivity contribution in [2.45, 2.75) is 84.3 Å². The van der Waals surface area contributed by atoms with Crippen molar-refractivity contribution >= 4 is 29.9 Å². The number of nitriles is 1. The van der Waals surface area contributed by atoms with Gasteiger partial charge in [0.2, 0.25) is 17.7 Å². The molecule has 0 spiro atoms. The highest BCUT2D eigenvalue weighted by Gasteiger charge is 2.44. The van der Waals surface area contributed by atoms with Gasteiger partial charge < -0.3 is 30.4 Å². The van der Waals surface area contributed by atoms with Crippen molar-refractivity contribution < 1.29 is 28.7 Å². The molecule has 0 aliphatic carbocycles. The van der Waals surface area contributed by atoms with Crippen LogP contribution in [0.2, 0.25) is 0 Å². The zero-order valence-corrected chi connectivity index (χ0v) is 26.2. The van der Waals surface area contributed by atoms with Crippen molar-refractivity contribution in [3.63, 3.8) is 0 Å². The minimum absolute atomic E-state index is 0.0458. The van der Waals surface area contributed by atoms with Gasteiger partial charge in [-0.2, -0.15) is 5.26 Å². The Kier molecular flexibility index (Phi) is 12.7. The molecule has 1 aromatic carbocycles. The van der Waals surface area contributed by atoms with Gasteiger partial charge in [0.25, 0.3) is 5.91 Å². The maximum absolute atomic E-state index is 14.1. The lowest BCUT2D eigenvalue weighted by Crippen LogP contribution is -2.59. The Hall–Kier alpha value is -4.70. The van der Waals surface area contributed by atoms with E-state index in [0.29, 0.717) is 18.3 Å². The molecule has 2 aromatic rings. The Labute approximate surface area is 263 Å². The third-order valence-electron chi connectivity index (χ3n) is 7.58. The first-order valence-electron chi connectivity index (χ1n) is 15.0. The van der Waals surface area contributed by atoms with Crippen LogP contribution in [0.4, 0.5) is 0 Å². The number of aldehydes is 1. The van der Waals surface area contributed by atoms with Crippen molar-refractivity contribution in [2.24, 2.45) is 11.8 Å². The summed E-state index contributed by atoms with van der Waals surface area (Å²) in [5.74, 6) is -2.83. The van der Waals surface area contributed by atoms with Crippen LogP contribution in [0, 0.1) is 23.2 Å². The number of carbonyl (C=O) groups is 5. The first-order valence-corrected chi connectivity index (χ1v) is 15.0. The van der Waals surface area contributed by atoms with E-state index in [1.807, 2.05) is 6.07 Å². The lowest BCUT2D eigenvalue weighted by molar-refractivity contribution is -0.143. The van der Waals surface area contributed by atoms with Gasteiger partial charge in [0.1, 0.15) is 30.1 Å². The molecule has 240 valence electrons. The molecule has 0 radical (unpaired) electrons. The van der Waals surface area contributed by atoms with Crippen molar-refractivity contribution in [3.05, 3.63) is 59.7 Å². The van der Waals surface area contributed by atoms with Gasteiger partial charge in [-0.1, -0.05) is 46.8 Å². The van der Waals surface area contributed by atoms with Crippen molar-refractivity contribution in [2.75, 3.05) is 6.54 Å². The van der Waals surface area contributed by atoms with Crippen LogP contribution in [-0.4, -0.2) is 81.6 Å². The zero-order chi connectivity index (χ0) is 33.1. The predicted molar refractivity (Wildman–Crippen MR) is 163 cm³/mol. The highest BCUT2D eigenvalue weighted by atomic mass is 16.5. The van der Waals surface area contributed by atoms with E-state index in [1.54, 1.807) is 52.8 Å². The lowest BCUT2D eigenvalue weighted by atomic mass is 9.98. The third kappa shape index (κ3) is 9.39. The van der Waals surface area contributed by atoms with Crippen molar-refractivity contribution in [3.8, 4) is 6.07 Å². The van der Waals surface area contributed by atoms with Gasteiger partial charge in [-0.3, -0.25) is 24.2 Å². The van der Waals surface area contributed by atoms with E-state index < -0.39 is 53.9 Å². The molecule has 13 heteroatoms. The van der Waals surface area contributed by atoms with E-state index in [0.717, 1.165) is 5.56 Å². The minimum atomic E-state index is -1.03. The molecule has 13 nitrogen and oxygen atoms in total. The van der Waals surface area contributed by atoms with Crippen LogP contribution >= 0.6 is 0 Å². The molecule has 3 rings (SSSR count). The average molecular weight is 620 g/mol. The number of carbonyl (C=O) groups excluding carboxylic acids is 5. The van der Waals surface area contributed by atoms with E-state index in [-0.39, 0.29) is 37.1 Å². The second-order valence-corrected chi connectivity index (χ2v) is 11.7. The summed E-state index contributed by atoms with van der Waals surface area (Å²) in [6.45, 7) is 9.06. The summed E-state index contributed by atoms with van der Waals surface area (Å²) in [5, 5.41) is 17.4. The molecule has 0 unspecified atom stereocenters. The van der Waals surface area contributed by atoms with Gasteiger partial charge >= 0.3 is 0 Å². The van der Waals surface area contributed by atoms with Gasteiger partial charge in [0.05, 0.1) is 36.6 Å². The summed E-state index contributed by atoms with van der Waals surface area (Å²) < 4.78 is 6.09. The molecule has 1 aromatic heterocycles. The summed E-state index contributed by atoms with van der Waals surface area (Å²) in [5.41, 5.74) is 1.30. The number of amides is 4. The molecule has 1 saturated heterocycles. The lowest BCUT2D eigenvalue weighted by Gasteiger charge is -2.32. The van der Waals surface area contributed by atoms with Crippen LogP contribution in [-0.2, 0) is 30.5 Å². The Bertz CT molecular complexity index is 1390. The SMILES string of the molecule is CC[C@@H](C=O)NC(=O)[C@@H]1C[C@@H](OCc2cccc(C#N)c2)CN1C(=O)[C@@H](NC(=O)[C@@H](NC(=O)c1cnccn1)C(C)C)C(C)C. The number of nitrogens with zero attached hydrogens (tertiary/aromatic N) is 4. The Balaban J connectivity index is 1.80.